The highest BCUT2D eigenvalue weighted by molar-refractivity contribution is 9.10. The molecule has 2 aromatic carbocycles. The number of nitrogens with one attached hydrogen (secondary N) is 1. The van der Waals surface area contributed by atoms with Crippen molar-refractivity contribution in [1.29, 1.82) is 0 Å². The quantitative estimate of drug-likeness (QED) is 0.713. The van der Waals surface area contributed by atoms with Crippen molar-refractivity contribution >= 4 is 38.3 Å². The maximum Gasteiger partial charge on any atom is 0.0595 e. The number of nitrogens with zero attached hydrogens (tertiary/aromatic N) is 1. The number of aromatic nitrogens is 1. The lowest BCUT2D eigenvalue weighted by molar-refractivity contribution is 0.697. The molecule has 0 fully saturated rings. The monoisotopic (exact) mass is 360 g/mol. The van der Waals surface area contributed by atoms with E-state index in [-0.39, 0.29) is 6.04 Å². The van der Waals surface area contributed by atoms with Gasteiger partial charge in [0.05, 0.1) is 6.04 Å². The van der Waals surface area contributed by atoms with Crippen molar-refractivity contribution in [3.8, 4) is 0 Å². The first kappa shape index (κ1) is 14.5. The van der Waals surface area contributed by atoms with E-state index in [0.29, 0.717) is 0 Å². The molecule has 2 nitrogen and oxygen atoms in total. The minimum absolute atomic E-state index is 0.0386. The second kappa shape index (κ2) is 6.14. The molecule has 0 amide bonds. The molecule has 1 unspecified atom stereocenters. The van der Waals surface area contributed by atoms with Gasteiger partial charge in [-0.05, 0) is 41.8 Å². The van der Waals surface area contributed by atoms with E-state index in [4.69, 9.17) is 11.6 Å². The largest absolute Gasteiger partial charge is 0.309 e. The summed E-state index contributed by atoms with van der Waals surface area (Å²) in [6.07, 6.45) is 3.70. The van der Waals surface area contributed by atoms with Crippen LogP contribution in [0.1, 0.15) is 17.2 Å². The number of hydrogen-bond donors (Lipinski definition) is 1. The lowest BCUT2D eigenvalue weighted by Gasteiger charge is -2.20. The van der Waals surface area contributed by atoms with E-state index >= 15 is 0 Å². The number of hydrogen-bond acceptors (Lipinski definition) is 2. The van der Waals surface area contributed by atoms with Crippen LogP contribution in [0.5, 0.6) is 0 Å². The molecule has 0 bridgehead atoms. The molecular weight excluding hydrogens is 348 g/mol. The van der Waals surface area contributed by atoms with Crippen LogP contribution in [0.3, 0.4) is 0 Å². The molecule has 0 radical (unpaired) electrons. The van der Waals surface area contributed by atoms with Gasteiger partial charge in [0.1, 0.15) is 0 Å². The second-order valence-corrected chi connectivity index (χ2v) is 6.15. The average Bonchev–Trinajstić information content (AvgIpc) is 2.50. The predicted octanol–water partition coefficient (Wildman–Crippen LogP) is 4.96. The third-order valence-electron chi connectivity index (χ3n) is 3.59. The Morgan fingerprint density at radius 3 is 2.76 bits per heavy atom. The molecule has 3 aromatic rings. The fourth-order valence-corrected chi connectivity index (χ4v) is 3.40. The Balaban J connectivity index is 2.18. The van der Waals surface area contributed by atoms with Crippen LogP contribution in [0.4, 0.5) is 0 Å². The van der Waals surface area contributed by atoms with E-state index in [2.05, 4.69) is 44.4 Å². The highest BCUT2D eigenvalue weighted by Gasteiger charge is 2.17. The molecule has 1 N–H and O–H groups in total. The molecule has 0 aliphatic carbocycles. The molecule has 0 spiro atoms. The summed E-state index contributed by atoms with van der Waals surface area (Å²) >= 11 is 9.87. The van der Waals surface area contributed by atoms with E-state index in [9.17, 15) is 0 Å². The Morgan fingerprint density at radius 2 is 2.00 bits per heavy atom. The maximum atomic E-state index is 6.42. The molecule has 21 heavy (non-hydrogen) atoms. The lowest BCUT2D eigenvalue weighted by atomic mass is 9.94. The first-order chi connectivity index (χ1) is 10.2. The van der Waals surface area contributed by atoms with Gasteiger partial charge in [0.25, 0.3) is 0 Å². The molecule has 0 aliphatic heterocycles. The fourth-order valence-electron chi connectivity index (χ4n) is 2.61. The minimum Gasteiger partial charge on any atom is -0.309 e. The Morgan fingerprint density at radius 1 is 1.14 bits per heavy atom. The maximum absolute atomic E-state index is 6.42. The first-order valence-corrected chi connectivity index (χ1v) is 7.82. The van der Waals surface area contributed by atoms with Gasteiger partial charge in [0.15, 0.2) is 0 Å². The number of rotatable bonds is 3. The smallest absolute Gasteiger partial charge is 0.0595 e. The molecule has 4 heteroatoms. The van der Waals surface area contributed by atoms with Gasteiger partial charge in [-0.1, -0.05) is 51.8 Å². The van der Waals surface area contributed by atoms with E-state index in [1.807, 2.05) is 43.7 Å². The summed E-state index contributed by atoms with van der Waals surface area (Å²) in [6, 6.07) is 14.3. The van der Waals surface area contributed by atoms with Crippen LogP contribution in [0.2, 0.25) is 5.02 Å². The van der Waals surface area contributed by atoms with E-state index in [1.54, 1.807) is 0 Å². The van der Waals surface area contributed by atoms with Crippen LogP contribution in [0.15, 0.2) is 59.3 Å². The number of fused-ring (bicyclic) bond motifs is 1. The molecule has 0 saturated carbocycles. The highest BCUT2D eigenvalue weighted by atomic mass is 79.9. The molecule has 1 aromatic heterocycles. The SMILES string of the molecule is CNC(c1ccc(Br)cc1Cl)c1cccc2cnccc12. The fraction of sp³-hybridized carbons (Fsp3) is 0.118. The average molecular weight is 362 g/mol. The van der Waals surface area contributed by atoms with Gasteiger partial charge in [-0.3, -0.25) is 4.98 Å². The predicted molar refractivity (Wildman–Crippen MR) is 91.8 cm³/mol. The molecule has 106 valence electrons. The van der Waals surface area contributed by atoms with Gasteiger partial charge in [-0.25, -0.2) is 0 Å². The molecule has 1 heterocycles. The number of halogens is 2. The number of benzene rings is 2. The summed E-state index contributed by atoms with van der Waals surface area (Å²) in [5, 5.41) is 6.43. The zero-order chi connectivity index (χ0) is 14.8. The van der Waals surface area contributed by atoms with Crippen molar-refractivity contribution in [2.75, 3.05) is 7.05 Å². The van der Waals surface area contributed by atoms with Crippen LogP contribution in [0.25, 0.3) is 10.8 Å². The van der Waals surface area contributed by atoms with Crippen LogP contribution in [-0.4, -0.2) is 12.0 Å². The van der Waals surface area contributed by atoms with Crippen LogP contribution < -0.4 is 5.32 Å². The standard InChI is InChI=1S/C17H14BrClN2/c1-20-17(15-6-5-12(18)9-16(15)19)14-4-2-3-11-10-21-8-7-13(11)14/h2-10,17,20H,1H3. The summed E-state index contributed by atoms with van der Waals surface area (Å²) in [4.78, 5) is 4.19. The summed E-state index contributed by atoms with van der Waals surface area (Å²) in [6.45, 7) is 0. The number of pyridine rings is 1. The summed E-state index contributed by atoms with van der Waals surface area (Å²) in [5.41, 5.74) is 2.26. The van der Waals surface area contributed by atoms with Crippen molar-refractivity contribution < 1.29 is 0 Å². The van der Waals surface area contributed by atoms with Crippen LogP contribution in [-0.2, 0) is 0 Å². The molecular formula is C17H14BrClN2. The third kappa shape index (κ3) is 2.82. The Labute approximate surface area is 137 Å². The van der Waals surface area contributed by atoms with Crippen molar-refractivity contribution in [2.45, 2.75) is 6.04 Å². The van der Waals surface area contributed by atoms with Crippen molar-refractivity contribution in [3.63, 3.8) is 0 Å². The lowest BCUT2D eigenvalue weighted by Crippen LogP contribution is -2.18. The topological polar surface area (TPSA) is 24.9 Å². The molecule has 0 aliphatic rings. The van der Waals surface area contributed by atoms with Crippen molar-refractivity contribution in [2.24, 2.45) is 0 Å². The minimum atomic E-state index is 0.0386. The van der Waals surface area contributed by atoms with Gasteiger partial charge in [-0.15, -0.1) is 0 Å². The van der Waals surface area contributed by atoms with Gasteiger partial charge in [-0.2, -0.15) is 0 Å². The zero-order valence-electron chi connectivity index (χ0n) is 11.5. The zero-order valence-corrected chi connectivity index (χ0v) is 13.8. The Kier molecular flexibility index (Phi) is 4.24. The van der Waals surface area contributed by atoms with E-state index in [0.717, 1.165) is 20.4 Å². The second-order valence-electron chi connectivity index (χ2n) is 4.83. The van der Waals surface area contributed by atoms with Gasteiger partial charge in [0, 0.05) is 27.3 Å². The Bertz CT molecular complexity index is 783. The molecule has 0 saturated heterocycles. The van der Waals surface area contributed by atoms with Gasteiger partial charge in [0.2, 0.25) is 0 Å². The van der Waals surface area contributed by atoms with E-state index in [1.165, 1.54) is 10.9 Å². The van der Waals surface area contributed by atoms with Gasteiger partial charge >= 0.3 is 0 Å². The third-order valence-corrected chi connectivity index (χ3v) is 4.41. The highest BCUT2D eigenvalue weighted by Crippen LogP contribution is 2.33. The van der Waals surface area contributed by atoms with E-state index < -0.39 is 0 Å². The molecule has 3 rings (SSSR count). The first-order valence-electron chi connectivity index (χ1n) is 6.65. The normalized spacial score (nSPS) is 12.5. The Hall–Kier alpha value is -1.42. The van der Waals surface area contributed by atoms with Gasteiger partial charge < -0.3 is 5.32 Å². The van der Waals surface area contributed by atoms with Crippen molar-refractivity contribution in [1.82, 2.24) is 10.3 Å². The van der Waals surface area contributed by atoms with Crippen LogP contribution >= 0.6 is 27.5 Å². The summed E-state index contributed by atoms with van der Waals surface area (Å²) < 4.78 is 0.980. The summed E-state index contributed by atoms with van der Waals surface area (Å²) in [7, 11) is 1.95. The molecule has 1 atom stereocenters. The summed E-state index contributed by atoms with van der Waals surface area (Å²) in [5.74, 6) is 0. The van der Waals surface area contributed by atoms with Crippen molar-refractivity contribution in [3.05, 3.63) is 75.5 Å². The van der Waals surface area contributed by atoms with Crippen LogP contribution in [0, 0.1) is 0 Å².